The van der Waals surface area contributed by atoms with Gasteiger partial charge in [-0.2, -0.15) is 0 Å². The second-order valence-electron chi connectivity index (χ2n) is 12.5. The van der Waals surface area contributed by atoms with Gasteiger partial charge in [-0.25, -0.2) is 0 Å². The van der Waals surface area contributed by atoms with Crippen LogP contribution in [0.15, 0.2) is 115 Å². The SMILES string of the molecule is C[C@@H](/C=C/CC(=O)N(CCO)Cc1ccccc1)[C@]1(O)C(=O)N(Cc2ccc(NC(=O)Cc3c[nH]c4ccccc34)cc2)c2ccc(Cl)cc21. The van der Waals surface area contributed by atoms with Gasteiger partial charge in [-0.05, 0) is 53.1 Å². The summed E-state index contributed by atoms with van der Waals surface area (Å²) in [7, 11) is 0. The van der Waals surface area contributed by atoms with Crippen molar-refractivity contribution >= 4 is 51.6 Å². The third kappa shape index (κ3) is 7.35. The van der Waals surface area contributed by atoms with E-state index < -0.39 is 17.4 Å². The van der Waals surface area contributed by atoms with Crippen molar-refractivity contribution in [3.63, 3.8) is 0 Å². The van der Waals surface area contributed by atoms with Crippen LogP contribution in [0.5, 0.6) is 0 Å². The lowest BCUT2D eigenvalue weighted by Gasteiger charge is -2.28. The van der Waals surface area contributed by atoms with Crippen LogP contribution in [-0.2, 0) is 39.5 Å². The Bertz CT molecular complexity index is 2030. The van der Waals surface area contributed by atoms with Crippen LogP contribution in [0, 0.1) is 5.92 Å². The fourth-order valence-corrected chi connectivity index (χ4v) is 6.64. The van der Waals surface area contributed by atoms with Gasteiger partial charge in [0.25, 0.3) is 5.91 Å². The Morgan fingerprint density at radius 3 is 2.50 bits per heavy atom. The second-order valence-corrected chi connectivity index (χ2v) is 13.0. The number of carbonyl (C=O) groups is 3. The maximum absolute atomic E-state index is 14.0. The average Bonchev–Trinajstić information content (AvgIpc) is 3.61. The summed E-state index contributed by atoms with van der Waals surface area (Å²) in [6, 6.07) is 29.6. The zero-order valence-corrected chi connectivity index (χ0v) is 28.4. The quantitative estimate of drug-likeness (QED) is 0.107. The van der Waals surface area contributed by atoms with Gasteiger partial charge in [0.2, 0.25) is 11.8 Å². The van der Waals surface area contributed by atoms with Crippen molar-refractivity contribution in [2.24, 2.45) is 5.92 Å². The fourth-order valence-electron chi connectivity index (χ4n) is 6.47. The van der Waals surface area contributed by atoms with E-state index in [2.05, 4.69) is 10.3 Å². The number of nitrogens with one attached hydrogen (secondary N) is 2. The summed E-state index contributed by atoms with van der Waals surface area (Å²) in [6.07, 6.45) is 5.45. The number of halogens is 1. The number of aliphatic hydroxyl groups is 2. The van der Waals surface area contributed by atoms with Gasteiger partial charge >= 0.3 is 0 Å². The lowest BCUT2D eigenvalue weighted by Crippen LogP contribution is -2.44. The number of nitrogens with zero attached hydrogens (tertiary/aromatic N) is 2. The van der Waals surface area contributed by atoms with Crippen molar-refractivity contribution in [1.82, 2.24) is 9.88 Å². The zero-order valence-electron chi connectivity index (χ0n) is 27.7. The van der Waals surface area contributed by atoms with Gasteiger partial charge in [0.1, 0.15) is 0 Å². The summed E-state index contributed by atoms with van der Waals surface area (Å²) in [5.74, 6) is -1.52. The summed E-state index contributed by atoms with van der Waals surface area (Å²) in [6.45, 7) is 2.31. The minimum Gasteiger partial charge on any atom is -0.395 e. The Labute approximate surface area is 295 Å². The minimum atomic E-state index is -1.91. The van der Waals surface area contributed by atoms with Crippen LogP contribution in [0.4, 0.5) is 11.4 Å². The summed E-state index contributed by atoms with van der Waals surface area (Å²) in [5.41, 5.74) is 3.30. The van der Waals surface area contributed by atoms with Crippen molar-refractivity contribution in [1.29, 1.82) is 0 Å². The van der Waals surface area contributed by atoms with E-state index >= 15 is 0 Å². The molecular weight excluding hydrogens is 652 g/mol. The Balaban J connectivity index is 1.12. The molecule has 1 aromatic heterocycles. The smallest absolute Gasteiger partial charge is 0.264 e. The standard InChI is InChI=1S/C40H39ClN4O5/c1-27(8-7-13-38(48)44(20-21-46)25-28-9-3-2-4-10-28)40(50)34-23-31(41)16-19-36(34)45(39(40)49)26-29-14-17-32(18-15-29)43-37(47)22-30-24-42-35-12-6-5-11-33(30)35/h2-12,14-19,23-24,27,42,46,50H,13,20-22,25-26H2,1H3,(H,43,47)/b8-7+/t27-,40+/m0/s1. The summed E-state index contributed by atoms with van der Waals surface area (Å²) >= 11 is 6.35. The van der Waals surface area contributed by atoms with Crippen molar-refractivity contribution in [2.45, 2.75) is 38.5 Å². The number of H-pyrrole nitrogens is 1. The van der Waals surface area contributed by atoms with E-state index in [0.717, 1.165) is 27.6 Å². The van der Waals surface area contributed by atoms with Crippen molar-refractivity contribution < 1.29 is 24.6 Å². The third-order valence-electron chi connectivity index (χ3n) is 9.15. The predicted molar refractivity (Wildman–Crippen MR) is 195 cm³/mol. The molecule has 0 fully saturated rings. The molecule has 6 rings (SSSR count). The van der Waals surface area contributed by atoms with Gasteiger partial charge in [0.05, 0.1) is 25.3 Å². The number of aromatic amines is 1. The molecule has 5 aromatic rings. The van der Waals surface area contributed by atoms with E-state index in [-0.39, 0.29) is 44.4 Å². The number of aromatic nitrogens is 1. The van der Waals surface area contributed by atoms with Crippen LogP contribution in [0.2, 0.25) is 5.02 Å². The van der Waals surface area contributed by atoms with Crippen molar-refractivity contribution in [2.75, 3.05) is 23.4 Å². The van der Waals surface area contributed by atoms with E-state index in [4.69, 9.17) is 11.6 Å². The number of hydrogen-bond donors (Lipinski definition) is 4. The van der Waals surface area contributed by atoms with Gasteiger partial charge in [-0.1, -0.05) is 91.3 Å². The number of aliphatic hydroxyl groups excluding tert-OH is 1. The van der Waals surface area contributed by atoms with E-state index in [0.29, 0.717) is 28.5 Å². The second kappa shape index (κ2) is 15.1. The molecule has 3 amide bonds. The maximum atomic E-state index is 14.0. The van der Waals surface area contributed by atoms with Gasteiger partial charge in [0, 0.05) is 58.8 Å². The molecular formula is C40H39ClN4O5. The maximum Gasteiger partial charge on any atom is 0.264 e. The first-order valence-electron chi connectivity index (χ1n) is 16.5. The van der Waals surface area contributed by atoms with Gasteiger partial charge in [-0.3, -0.25) is 14.4 Å². The topological polar surface area (TPSA) is 126 Å². The van der Waals surface area contributed by atoms with Crippen LogP contribution < -0.4 is 10.2 Å². The third-order valence-corrected chi connectivity index (χ3v) is 9.39. The zero-order chi connectivity index (χ0) is 35.3. The molecule has 9 nitrogen and oxygen atoms in total. The molecule has 0 bridgehead atoms. The number of carbonyl (C=O) groups excluding carboxylic acids is 3. The van der Waals surface area contributed by atoms with Gasteiger partial charge in [0.15, 0.2) is 5.60 Å². The number of anilines is 2. The number of fused-ring (bicyclic) bond motifs is 2. The predicted octanol–water partition coefficient (Wildman–Crippen LogP) is 6.34. The first-order chi connectivity index (χ1) is 24.2. The van der Waals surface area contributed by atoms with Crippen LogP contribution in [0.25, 0.3) is 10.9 Å². The number of para-hydroxylation sites is 1. The van der Waals surface area contributed by atoms with E-state index in [9.17, 15) is 24.6 Å². The minimum absolute atomic E-state index is 0.0399. The Morgan fingerprint density at radius 1 is 1.00 bits per heavy atom. The number of hydrogen-bond acceptors (Lipinski definition) is 5. The summed E-state index contributed by atoms with van der Waals surface area (Å²) in [4.78, 5) is 46.2. The molecule has 50 heavy (non-hydrogen) atoms. The molecule has 256 valence electrons. The van der Waals surface area contributed by atoms with E-state index in [1.165, 1.54) is 4.90 Å². The summed E-state index contributed by atoms with van der Waals surface area (Å²) in [5, 5.41) is 25.9. The van der Waals surface area contributed by atoms with E-state index in [1.807, 2.05) is 72.9 Å². The first kappa shape index (κ1) is 34.6. The molecule has 0 saturated heterocycles. The van der Waals surface area contributed by atoms with Gasteiger partial charge < -0.3 is 30.3 Å². The molecule has 4 N–H and O–H groups in total. The Hall–Kier alpha value is -5.22. The highest BCUT2D eigenvalue weighted by atomic mass is 35.5. The molecule has 10 heteroatoms. The molecule has 0 spiro atoms. The molecule has 4 aromatic carbocycles. The highest BCUT2D eigenvalue weighted by Crippen LogP contribution is 2.46. The molecule has 2 heterocycles. The number of rotatable bonds is 13. The van der Waals surface area contributed by atoms with Crippen LogP contribution in [0.1, 0.15) is 35.6 Å². The van der Waals surface area contributed by atoms with E-state index in [1.54, 1.807) is 54.3 Å². The highest BCUT2D eigenvalue weighted by molar-refractivity contribution is 6.31. The lowest BCUT2D eigenvalue weighted by molar-refractivity contribution is -0.139. The molecule has 2 atom stereocenters. The van der Waals surface area contributed by atoms with Crippen LogP contribution in [0.3, 0.4) is 0 Å². The Kier molecular flexibility index (Phi) is 10.5. The monoisotopic (exact) mass is 690 g/mol. The number of benzene rings is 4. The van der Waals surface area contributed by atoms with Crippen LogP contribution >= 0.6 is 11.6 Å². The first-order valence-corrected chi connectivity index (χ1v) is 16.9. The highest BCUT2D eigenvalue weighted by Gasteiger charge is 2.52. The van der Waals surface area contributed by atoms with Gasteiger partial charge in [-0.15, -0.1) is 0 Å². The molecule has 0 aliphatic carbocycles. The molecule has 0 unspecified atom stereocenters. The summed E-state index contributed by atoms with van der Waals surface area (Å²) < 4.78 is 0. The molecule has 1 aliphatic heterocycles. The number of amides is 3. The normalized spacial score (nSPS) is 16.2. The molecule has 0 radical (unpaired) electrons. The molecule has 1 aliphatic rings. The Morgan fingerprint density at radius 2 is 1.74 bits per heavy atom. The van der Waals surface area contributed by atoms with Crippen LogP contribution in [-0.4, -0.2) is 51.0 Å². The van der Waals surface area contributed by atoms with Crippen molar-refractivity contribution in [3.8, 4) is 0 Å². The van der Waals surface area contributed by atoms with Crippen molar-refractivity contribution in [3.05, 3.63) is 143 Å². The average molecular weight is 691 g/mol. The molecule has 0 saturated carbocycles. The fraction of sp³-hybridized carbons (Fsp3) is 0.225. The lowest BCUT2D eigenvalue weighted by atomic mass is 9.83. The largest absolute Gasteiger partial charge is 0.395 e.